The monoisotopic (exact) mass is 400 g/mol. The number of halogens is 2. The van der Waals surface area contributed by atoms with E-state index in [-0.39, 0.29) is 17.3 Å². The summed E-state index contributed by atoms with van der Waals surface area (Å²) in [5.41, 5.74) is 0. The van der Waals surface area contributed by atoms with Crippen LogP contribution in [0.5, 0.6) is 11.5 Å². The summed E-state index contributed by atoms with van der Waals surface area (Å²) in [6, 6.07) is 3.10. The van der Waals surface area contributed by atoms with Gasteiger partial charge in [-0.15, -0.1) is 12.4 Å². The lowest BCUT2D eigenvalue weighted by atomic mass is 10.3. The van der Waals surface area contributed by atoms with Gasteiger partial charge >= 0.3 is 0 Å². The number of sulfonamides is 1. The molecule has 0 atom stereocenters. The fourth-order valence-corrected chi connectivity index (χ4v) is 3.85. The number of fused-ring (bicyclic) bond motifs is 1. The second kappa shape index (κ2) is 8.19. The first kappa shape index (κ1) is 18.5. The quantitative estimate of drug-likeness (QED) is 0.707. The Kier molecular flexibility index (Phi) is 7.22. The predicted molar refractivity (Wildman–Crippen MR) is 86.1 cm³/mol. The van der Waals surface area contributed by atoms with E-state index in [1.54, 1.807) is 6.07 Å². The number of ether oxygens (including phenoxy) is 2. The maximum atomic E-state index is 12.2. The average Bonchev–Trinajstić information content (AvgIpc) is 2.43. The van der Waals surface area contributed by atoms with Crippen LogP contribution < -0.4 is 19.5 Å². The van der Waals surface area contributed by atoms with E-state index < -0.39 is 10.0 Å². The van der Waals surface area contributed by atoms with Crippen molar-refractivity contribution >= 4 is 38.4 Å². The number of nitrogens with one attached hydrogen (secondary N) is 2. The Morgan fingerprint density at radius 3 is 2.43 bits per heavy atom. The summed E-state index contributed by atoms with van der Waals surface area (Å²) in [6.45, 7) is 4.56. The zero-order valence-corrected chi connectivity index (χ0v) is 14.7. The molecular formula is C12H18BrClN2O4S. The minimum atomic E-state index is -3.58. The lowest BCUT2D eigenvalue weighted by molar-refractivity contribution is 0.171. The van der Waals surface area contributed by atoms with Gasteiger partial charge in [-0.2, -0.15) is 0 Å². The van der Waals surface area contributed by atoms with Gasteiger partial charge in [-0.05, 0) is 28.5 Å². The number of hydrogen-bond acceptors (Lipinski definition) is 5. The number of rotatable bonds is 6. The topological polar surface area (TPSA) is 76.7 Å². The van der Waals surface area contributed by atoms with E-state index in [9.17, 15) is 8.42 Å². The number of likely N-dealkylation sites (N-methyl/N-ethyl adjacent to an activating group) is 1. The summed E-state index contributed by atoms with van der Waals surface area (Å²) in [7, 11) is -3.58. The lowest BCUT2D eigenvalue weighted by Gasteiger charge is -2.20. The van der Waals surface area contributed by atoms with Gasteiger partial charge in [-0.3, -0.25) is 0 Å². The molecule has 0 amide bonds. The van der Waals surface area contributed by atoms with Gasteiger partial charge in [0.15, 0.2) is 11.5 Å². The SMILES string of the molecule is CCNCCNS(=O)(=O)c1cc2c(cc1Br)OCCO2.Cl. The van der Waals surface area contributed by atoms with Crippen LogP contribution in [-0.2, 0) is 10.0 Å². The van der Waals surface area contributed by atoms with Gasteiger partial charge < -0.3 is 14.8 Å². The second-order valence-corrected chi connectivity index (χ2v) is 6.77. The molecule has 0 aliphatic carbocycles. The van der Waals surface area contributed by atoms with Crippen LogP contribution in [0.3, 0.4) is 0 Å². The summed E-state index contributed by atoms with van der Waals surface area (Å²) in [4.78, 5) is 0.151. The highest BCUT2D eigenvalue weighted by Crippen LogP contribution is 2.37. The van der Waals surface area contributed by atoms with Crippen molar-refractivity contribution in [2.75, 3.05) is 32.8 Å². The molecular weight excluding hydrogens is 384 g/mol. The highest BCUT2D eigenvalue weighted by atomic mass is 79.9. The molecule has 2 N–H and O–H groups in total. The molecule has 9 heteroatoms. The van der Waals surface area contributed by atoms with Gasteiger partial charge in [0.05, 0.1) is 0 Å². The van der Waals surface area contributed by atoms with Gasteiger partial charge in [0, 0.05) is 23.6 Å². The first-order valence-electron chi connectivity index (χ1n) is 6.34. The zero-order valence-electron chi connectivity index (χ0n) is 11.5. The molecule has 0 radical (unpaired) electrons. The Morgan fingerprint density at radius 2 is 1.81 bits per heavy atom. The van der Waals surface area contributed by atoms with Gasteiger partial charge in [-0.1, -0.05) is 6.92 Å². The average molecular weight is 402 g/mol. The highest BCUT2D eigenvalue weighted by molar-refractivity contribution is 9.10. The van der Waals surface area contributed by atoms with Crippen molar-refractivity contribution in [3.8, 4) is 11.5 Å². The van der Waals surface area contributed by atoms with Crippen molar-refractivity contribution in [3.63, 3.8) is 0 Å². The van der Waals surface area contributed by atoms with E-state index >= 15 is 0 Å². The van der Waals surface area contributed by atoms with Gasteiger partial charge in [0.1, 0.15) is 18.1 Å². The molecule has 21 heavy (non-hydrogen) atoms. The molecule has 0 unspecified atom stereocenters. The van der Waals surface area contributed by atoms with Crippen LogP contribution in [0.4, 0.5) is 0 Å². The second-order valence-electron chi connectivity index (χ2n) is 4.18. The number of hydrogen-bond donors (Lipinski definition) is 2. The van der Waals surface area contributed by atoms with Crippen molar-refractivity contribution in [3.05, 3.63) is 16.6 Å². The summed E-state index contributed by atoms with van der Waals surface area (Å²) in [6.07, 6.45) is 0. The smallest absolute Gasteiger partial charge is 0.241 e. The van der Waals surface area contributed by atoms with Gasteiger partial charge in [0.25, 0.3) is 0 Å². The molecule has 1 aromatic carbocycles. The van der Waals surface area contributed by atoms with E-state index in [0.29, 0.717) is 42.3 Å². The largest absolute Gasteiger partial charge is 0.486 e. The Bertz CT molecular complexity index is 583. The minimum Gasteiger partial charge on any atom is -0.486 e. The molecule has 6 nitrogen and oxygen atoms in total. The summed E-state index contributed by atoms with van der Waals surface area (Å²) >= 11 is 3.26. The third-order valence-corrected chi connectivity index (χ3v) is 5.15. The highest BCUT2D eigenvalue weighted by Gasteiger charge is 2.22. The van der Waals surface area contributed by atoms with Crippen LogP contribution in [0.2, 0.25) is 0 Å². The number of benzene rings is 1. The van der Waals surface area contributed by atoms with Crippen molar-refractivity contribution in [2.24, 2.45) is 0 Å². The normalized spacial score (nSPS) is 13.6. The standard InChI is InChI=1S/C12H17BrN2O4S.ClH/c1-2-14-3-4-15-20(16,17)12-8-11-10(7-9(12)13)18-5-6-19-11;/h7-8,14-15H,2-6H2,1H3;1H. The fraction of sp³-hybridized carbons (Fsp3) is 0.500. The van der Waals surface area contributed by atoms with Crippen LogP contribution in [0.15, 0.2) is 21.5 Å². The van der Waals surface area contributed by atoms with Crippen LogP contribution in [-0.4, -0.2) is 41.3 Å². The minimum absolute atomic E-state index is 0. The summed E-state index contributed by atoms with van der Waals surface area (Å²) in [5.74, 6) is 1.00. The predicted octanol–water partition coefficient (Wildman–Crippen LogP) is 1.53. The van der Waals surface area contributed by atoms with Gasteiger partial charge in [-0.25, -0.2) is 13.1 Å². The Hall–Kier alpha value is -0.540. The molecule has 1 heterocycles. The zero-order chi connectivity index (χ0) is 14.6. The molecule has 0 saturated heterocycles. The first-order chi connectivity index (χ1) is 9.54. The Morgan fingerprint density at radius 1 is 1.19 bits per heavy atom. The molecule has 0 saturated carbocycles. The molecule has 120 valence electrons. The van der Waals surface area contributed by atoms with E-state index in [1.807, 2.05) is 6.92 Å². The lowest BCUT2D eigenvalue weighted by Crippen LogP contribution is -2.32. The van der Waals surface area contributed by atoms with E-state index in [1.165, 1.54) is 6.07 Å². The molecule has 0 spiro atoms. The van der Waals surface area contributed by atoms with Gasteiger partial charge in [0.2, 0.25) is 10.0 Å². The van der Waals surface area contributed by atoms with Crippen LogP contribution in [0, 0.1) is 0 Å². The third-order valence-electron chi connectivity index (χ3n) is 2.73. The molecule has 1 aliphatic rings. The summed E-state index contributed by atoms with van der Waals surface area (Å²) < 4.78 is 38.3. The fourth-order valence-electron chi connectivity index (χ4n) is 1.78. The Balaban J connectivity index is 0.00000220. The molecule has 1 aliphatic heterocycles. The van der Waals surface area contributed by atoms with Crippen LogP contribution >= 0.6 is 28.3 Å². The third kappa shape index (κ3) is 4.72. The Labute approximate surface area is 139 Å². The van der Waals surface area contributed by atoms with Crippen LogP contribution in [0.25, 0.3) is 0 Å². The van der Waals surface area contributed by atoms with Crippen molar-refractivity contribution in [1.29, 1.82) is 0 Å². The van der Waals surface area contributed by atoms with Crippen molar-refractivity contribution in [2.45, 2.75) is 11.8 Å². The van der Waals surface area contributed by atoms with E-state index in [0.717, 1.165) is 6.54 Å². The molecule has 0 fully saturated rings. The maximum Gasteiger partial charge on any atom is 0.241 e. The molecule has 1 aromatic rings. The molecule has 0 bridgehead atoms. The summed E-state index contributed by atoms with van der Waals surface area (Å²) in [5, 5.41) is 3.05. The molecule has 2 rings (SSSR count). The van der Waals surface area contributed by atoms with Crippen LogP contribution in [0.1, 0.15) is 6.92 Å². The van der Waals surface area contributed by atoms with E-state index in [2.05, 4.69) is 26.0 Å². The van der Waals surface area contributed by atoms with E-state index in [4.69, 9.17) is 9.47 Å². The van der Waals surface area contributed by atoms with Crippen molar-refractivity contribution in [1.82, 2.24) is 10.0 Å². The van der Waals surface area contributed by atoms with Crippen molar-refractivity contribution < 1.29 is 17.9 Å². The molecule has 0 aromatic heterocycles. The maximum absolute atomic E-state index is 12.2. The first-order valence-corrected chi connectivity index (χ1v) is 8.61.